The number of rotatable bonds is 5. The van der Waals surface area contributed by atoms with E-state index in [0.717, 1.165) is 31.5 Å². The van der Waals surface area contributed by atoms with E-state index in [-0.39, 0.29) is 0 Å². The minimum atomic E-state index is 0.396. The van der Waals surface area contributed by atoms with E-state index in [1.165, 1.54) is 16.1 Å². The van der Waals surface area contributed by atoms with E-state index in [1.807, 2.05) is 30.5 Å². The molecule has 1 unspecified atom stereocenters. The molecule has 3 nitrogen and oxygen atoms in total. The van der Waals surface area contributed by atoms with Crippen molar-refractivity contribution in [1.82, 2.24) is 5.32 Å². The third-order valence-electron chi connectivity index (χ3n) is 4.10. The Morgan fingerprint density at radius 2 is 2.29 bits per heavy atom. The van der Waals surface area contributed by atoms with E-state index in [0.29, 0.717) is 6.04 Å². The van der Waals surface area contributed by atoms with Gasteiger partial charge in [0.05, 0.1) is 17.7 Å². The van der Waals surface area contributed by atoms with E-state index >= 15 is 0 Å². The van der Waals surface area contributed by atoms with Crippen molar-refractivity contribution in [3.05, 3.63) is 51.7 Å². The van der Waals surface area contributed by atoms with E-state index in [1.54, 1.807) is 0 Å². The van der Waals surface area contributed by atoms with Crippen LogP contribution in [0.15, 0.2) is 35.7 Å². The molecule has 0 bridgehead atoms. The van der Waals surface area contributed by atoms with Gasteiger partial charge in [-0.15, -0.1) is 11.3 Å². The Kier molecular flexibility index (Phi) is 4.23. The van der Waals surface area contributed by atoms with Crippen LogP contribution in [0.3, 0.4) is 0 Å². The molecule has 0 aliphatic carbocycles. The molecule has 1 aliphatic heterocycles. The van der Waals surface area contributed by atoms with Crippen molar-refractivity contribution in [3.63, 3.8) is 0 Å². The molecule has 0 saturated carbocycles. The molecule has 0 amide bonds. The van der Waals surface area contributed by atoms with Gasteiger partial charge in [0.1, 0.15) is 0 Å². The molecule has 1 aliphatic rings. The molecule has 0 saturated heterocycles. The molecule has 0 spiro atoms. The van der Waals surface area contributed by atoms with Crippen molar-refractivity contribution in [2.75, 3.05) is 25.0 Å². The zero-order valence-electron chi connectivity index (χ0n) is 12.2. The van der Waals surface area contributed by atoms with Gasteiger partial charge < -0.3 is 10.2 Å². The normalized spacial score (nSPS) is 14.8. The number of hydrogen-bond donors (Lipinski definition) is 1. The van der Waals surface area contributed by atoms with Crippen LogP contribution in [0.2, 0.25) is 0 Å². The molecule has 4 heteroatoms. The molecule has 1 atom stereocenters. The number of benzene rings is 1. The quantitative estimate of drug-likeness (QED) is 0.920. The van der Waals surface area contributed by atoms with E-state index in [4.69, 9.17) is 0 Å². The molecular formula is C17H19N3S. The molecule has 2 aromatic rings. The first-order valence-electron chi connectivity index (χ1n) is 7.31. The van der Waals surface area contributed by atoms with E-state index in [2.05, 4.69) is 39.9 Å². The maximum Gasteiger partial charge on any atom is 0.0995 e. The topological polar surface area (TPSA) is 39.1 Å². The Balaban J connectivity index is 1.95. The smallest absolute Gasteiger partial charge is 0.0995 e. The van der Waals surface area contributed by atoms with Crippen molar-refractivity contribution < 1.29 is 0 Å². The highest BCUT2D eigenvalue weighted by Crippen LogP contribution is 2.39. The lowest BCUT2D eigenvalue weighted by molar-refractivity contribution is 0.576. The van der Waals surface area contributed by atoms with Crippen LogP contribution in [0.25, 0.3) is 0 Å². The highest BCUT2D eigenvalue weighted by Gasteiger charge is 2.28. The average molecular weight is 297 g/mol. The number of nitrogens with one attached hydrogen (secondary N) is 1. The fourth-order valence-electron chi connectivity index (χ4n) is 3.10. The van der Waals surface area contributed by atoms with Crippen LogP contribution in [0, 0.1) is 11.3 Å². The first kappa shape index (κ1) is 14.1. The van der Waals surface area contributed by atoms with E-state index in [9.17, 15) is 5.26 Å². The van der Waals surface area contributed by atoms with Crippen molar-refractivity contribution in [2.24, 2.45) is 0 Å². The van der Waals surface area contributed by atoms with Crippen molar-refractivity contribution in [2.45, 2.75) is 18.9 Å². The summed E-state index contributed by atoms with van der Waals surface area (Å²) in [7, 11) is 2.00. The van der Waals surface area contributed by atoms with Gasteiger partial charge in [-0.05, 0) is 55.6 Å². The second-order valence-corrected chi connectivity index (χ2v) is 6.26. The van der Waals surface area contributed by atoms with Crippen LogP contribution in [0.4, 0.5) is 5.69 Å². The highest BCUT2D eigenvalue weighted by atomic mass is 32.1. The summed E-state index contributed by atoms with van der Waals surface area (Å²) >= 11 is 1.82. The highest BCUT2D eigenvalue weighted by molar-refractivity contribution is 7.10. The lowest BCUT2D eigenvalue weighted by Crippen LogP contribution is -2.28. The Morgan fingerprint density at radius 1 is 1.38 bits per heavy atom. The van der Waals surface area contributed by atoms with Crippen molar-refractivity contribution in [1.29, 1.82) is 5.26 Å². The van der Waals surface area contributed by atoms with Crippen LogP contribution in [-0.4, -0.2) is 20.1 Å². The number of anilines is 1. The summed E-state index contributed by atoms with van der Waals surface area (Å²) in [6, 6.07) is 13.1. The first-order valence-corrected chi connectivity index (χ1v) is 8.19. The maximum atomic E-state index is 9.28. The summed E-state index contributed by atoms with van der Waals surface area (Å²) in [6.07, 6.45) is 2.05. The van der Waals surface area contributed by atoms with Gasteiger partial charge in [-0.25, -0.2) is 0 Å². The Hall–Kier alpha value is -1.83. The summed E-state index contributed by atoms with van der Waals surface area (Å²) in [4.78, 5) is 3.87. The van der Waals surface area contributed by atoms with Gasteiger partial charge in [-0.1, -0.05) is 12.1 Å². The zero-order valence-corrected chi connectivity index (χ0v) is 13.0. The predicted molar refractivity (Wildman–Crippen MR) is 87.8 cm³/mol. The fraction of sp³-hybridized carbons (Fsp3) is 0.353. The lowest BCUT2D eigenvalue weighted by Gasteiger charge is -2.30. The Labute approximate surface area is 129 Å². The van der Waals surface area contributed by atoms with Gasteiger partial charge in [-0.3, -0.25) is 0 Å². The molecule has 21 heavy (non-hydrogen) atoms. The molecule has 1 N–H and O–H groups in total. The van der Waals surface area contributed by atoms with Crippen LogP contribution >= 0.6 is 11.3 Å². The van der Waals surface area contributed by atoms with Crippen LogP contribution in [-0.2, 0) is 6.42 Å². The largest absolute Gasteiger partial charge is 0.363 e. The molecule has 108 valence electrons. The molecule has 3 rings (SSSR count). The average Bonchev–Trinajstić information content (AvgIpc) is 3.17. The minimum Gasteiger partial charge on any atom is -0.363 e. The van der Waals surface area contributed by atoms with Gasteiger partial charge in [0, 0.05) is 17.1 Å². The first-order chi connectivity index (χ1) is 10.3. The van der Waals surface area contributed by atoms with Crippen LogP contribution in [0.1, 0.15) is 28.5 Å². The summed E-state index contributed by atoms with van der Waals surface area (Å²) in [5, 5.41) is 14.7. The predicted octanol–water partition coefficient (Wildman–Crippen LogP) is 3.33. The monoisotopic (exact) mass is 297 g/mol. The van der Waals surface area contributed by atoms with Gasteiger partial charge in [0.2, 0.25) is 0 Å². The second-order valence-electron chi connectivity index (χ2n) is 5.28. The number of nitrogens with zero attached hydrogens (tertiary/aromatic N) is 2. The zero-order chi connectivity index (χ0) is 14.7. The Morgan fingerprint density at radius 3 is 3.00 bits per heavy atom. The second kappa shape index (κ2) is 6.30. The lowest BCUT2D eigenvalue weighted by atomic mass is 10.1. The Bertz CT molecular complexity index is 643. The number of thiophene rings is 1. The molecular weight excluding hydrogens is 278 g/mol. The van der Waals surface area contributed by atoms with Gasteiger partial charge in [0.15, 0.2) is 0 Å². The molecule has 0 fully saturated rings. The molecule has 0 radical (unpaired) electrons. The number of fused-ring (bicyclic) bond motifs is 1. The van der Waals surface area contributed by atoms with E-state index < -0.39 is 0 Å². The summed E-state index contributed by atoms with van der Waals surface area (Å²) < 4.78 is 0. The van der Waals surface area contributed by atoms with Gasteiger partial charge >= 0.3 is 0 Å². The van der Waals surface area contributed by atoms with Gasteiger partial charge in [0.25, 0.3) is 0 Å². The summed E-state index contributed by atoms with van der Waals surface area (Å²) in [6.45, 7) is 1.99. The SMILES string of the molecule is CNCCC(c1cccs1)N1CCc2c(C#N)cccc21. The van der Waals surface area contributed by atoms with Crippen LogP contribution < -0.4 is 10.2 Å². The van der Waals surface area contributed by atoms with Gasteiger partial charge in [-0.2, -0.15) is 5.26 Å². The third kappa shape index (κ3) is 2.67. The standard InChI is InChI=1S/C17H19N3S/c1-19-9-7-16(17-6-3-11-21-17)20-10-8-14-13(12-18)4-2-5-15(14)20/h2-6,11,16,19H,7-10H2,1H3. The fourth-order valence-corrected chi connectivity index (χ4v) is 3.97. The maximum absolute atomic E-state index is 9.28. The molecule has 1 aromatic heterocycles. The van der Waals surface area contributed by atoms with Crippen molar-refractivity contribution in [3.8, 4) is 6.07 Å². The summed E-state index contributed by atoms with van der Waals surface area (Å²) in [5.74, 6) is 0. The van der Waals surface area contributed by atoms with Crippen molar-refractivity contribution >= 4 is 17.0 Å². The van der Waals surface area contributed by atoms with Crippen LogP contribution in [0.5, 0.6) is 0 Å². The minimum absolute atomic E-state index is 0.396. The molecule has 2 heterocycles. The third-order valence-corrected chi connectivity index (χ3v) is 5.07. The molecule has 1 aromatic carbocycles. The summed E-state index contributed by atoms with van der Waals surface area (Å²) in [5.41, 5.74) is 3.28. The number of nitriles is 1. The number of hydrogen-bond acceptors (Lipinski definition) is 4.